The van der Waals surface area contributed by atoms with Crippen molar-refractivity contribution in [3.63, 3.8) is 0 Å². The molecule has 0 aromatic carbocycles. The van der Waals surface area contributed by atoms with Gasteiger partial charge in [0.15, 0.2) is 0 Å². The van der Waals surface area contributed by atoms with Crippen molar-refractivity contribution in [2.24, 2.45) is 11.3 Å². The molecule has 2 nitrogen and oxygen atoms in total. The fourth-order valence-electron chi connectivity index (χ4n) is 2.41. The minimum Gasteiger partial charge on any atom is -0.281 e. The first-order valence-electron chi connectivity index (χ1n) is 5.76. The van der Waals surface area contributed by atoms with Gasteiger partial charge in [0, 0.05) is 11.3 Å². The normalized spacial score (nSPS) is 21.5. The molecule has 1 aliphatic rings. The second kappa shape index (κ2) is 3.93. The van der Waals surface area contributed by atoms with Crippen molar-refractivity contribution in [2.45, 2.75) is 46.5 Å². The predicted octanol–water partition coefficient (Wildman–Crippen LogP) is 3.71. The Hall–Kier alpha value is -0.310. The van der Waals surface area contributed by atoms with Crippen LogP contribution in [0, 0.1) is 11.3 Å². The highest BCUT2D eigenvalue weighted by Crippen LogP contribution is 2.40. The van der Waals surface area contributed by atoms with E-state index in [-0.39, 0.29) is 0 Å². The maximum absolute atomic E-state index is 4.23. The number of halogens is 1. The van der Waals surface area contributed by atoms with E-state index in [2.05, 4.69) is 46.9 Å². The molecule has 15 heavy (non-hydrogen) atoms. The Labute approximate surface area is 100.0 Å². The van der Waals surface area contributed by atoms with Crippen LogP contribution in [0.15, 0.2) is 4.60 Å². The van der Waals surface area contributed by atoms with Gasteiger partial charge in [0.05, 0.1) is 0 Å². The van der Waals surface area contributed by atoms with Crippen molar-refractivity contribution in [1.29, 1.82) is 0 Å². The minimum atomic E-state index is 0.453. The van der Waals surface area contributed by atoms with Crippen molar-refractivity contribution in [2.75, 3.05) is 0 Å². The molecule has 84 valence electrons. The number of nitrogens with zero attached hydrogens (tertiary/aromatic N) is 1. The number of H-pyrrole nitrogens is 1. The zero-order chi connectivity index (χ0) is 11.1. The molecule has 1 atom stereocenters. The van der Waals surface area contributed by atoms with Gasteiger partial charge in [-0.25, -0.2) is 0 Å². The first-order chi connectivity index (χ1) is 7.04. The molecule has 0 bridgehead atoms. The Morgan fingerprint density at radius 1 is 1.53 bits per heavy atom. The molecule has 1 aromatic rings. The van der Waals surface area contributed by atoms with Gasteiger partial charge in [0.25, 0.3) is 0 Å². The van der Waals surface area contributed by atoms with Gasteiger partial charge in [-0.2, -0.15) is 5.10 Å². The zero-order valence-electron chi connectivity index (χ0n) is 9.73. The molecule has 0 aliphatic heterocycles. The second-order valence-electron chi connectivity index (χ2n) is 5.25. The van der Waals surface area contributed by atoms with E-state index in [1.54, 1.807) is 0 Å². The summed E-state index contributed by atoms with van der Waals surface area (Å²) in [6.45, 7) is 7.06. The lowest BCUT2D eigenvalue weighted by Crippen LogP contribution is -2.28. The van der Waals surface area contributed by atoms with Crippen LogP contribution >= 0.6 is 15.9 Å². The Bertz CT molecular complexity index is 355. The first-order valence-corrected chi connectivity index (χ1v) is 6.55. The van der Waals surface area contributed by atoms with Crippen molar-refractivity contribution in [1.82, 2.24) is 10.2 Å². The summed E-state index contributed by atoms with van der Waals surface area (Å²) in [5.41, 5.74) is 3.20. The summed E-state index contributed by atoms with van der Waals surface area (Å²) in [6.07, 6.45) is 4.88. The molecule has 0 spiro atoms. The van der Waals surface area contributed by atoms with Crippen molar-refractivity contribution in [3.05, 3.63) is 15.9 Å². The van der Waals surface area contributed by atoms with Crippen molar-refractivity contribution < 1.29 is 0 Å². The van der Waals surface area contributed by atoms with E-state index < -0.39 is 0 Å². The lowest BCUT2D eigenvalue weighted by atomic mass is 9.69. The van der Waals surface area contributed by atoms with Crippen LogP contribution in [-0.4, -0.2) is 10.2 Å². The Morgan fingerprint density at radius 3 is 2.93 bits per heavy atom. The standard InChI is InChI=1S/C12H19BrN2/c1-4-12(2,3)8-5-6-10-9(7-8)11(13)15-14-10/h8H,4-7H2,1-3H3,(H,14,15). The number of hydrogen-bond acceptors (Lipinski definition) is 1. The van der Waals surface area contributed by atoms with E-state index in [0.717, 1.165) is 16.9 Å². The molecule has 0 saturated carbocycles. The van der Waals surface area contributed by atoms with Crippen LogP contribution in [0.3, 0.4) is 0 Å². The van der Waals surface area contributed by atoms with Crippen LogP contribution in [0.25, 0.3) is 0 Å². The molecule has 0 radical (unpaired) electrons. The van der Waals surface area contributed by atoms with E-state index in [0.29, 0.717) is 5.41 Å². The molecule has 0 amide bonds. The van der Waals surface area contributed by atoms with E-state index in [4.69, 9.17) is 0 Å². The predicted molar refractivity (Wildman–Crippen MR) is 65.9 cm³/mol. The molecular weight excluding hydrogens is 252 g/mol. The third-order valence-corrected chi connectivity index (χ3v) is 4.77. The maximum Gasteiger partial charge on any atom is 0.131 e. The minimum absolute atomic E-state index is 0.453. The van der Waals surface area contributed by atoms with E-state index >= 15 is 0 Å². The molecule has 1 unspecified atom stereocenters. The van der Waals surface area contributed by atoms with Gasteiger partial charge in [0.1, 0.15) is 4.60 Å². The molecule has 1 N–H and O–H groups in total. The van der Waals surface area contributed by atoms with Crippen LogP contribution in [0.5, 0.6) is 0 Å². The zero-order valence-corrected chi connectivity index (χ0v) is 11.3. The van der Waals surface area contributed by atoms with Gasteiger partial charge in [0.2, 0.25) is 0 Å². The molecule has 0 saturated heterocycles. The van der Waals surface area contributed by atoms with Crippen LogP contribution in [-0.2, 0) is 12.8 Å². The highest BCUT2D eigenvalue weighted by atomic mass is 79.9. The largest absolute Gasteiger partial charge is 0.281 e. The molecule has 1 heterocycles. The quantitative estimate of drug-likeness (QED) is 0.872. The van der Waals surface area contributed by atoms with Gasteiger partial charge in [-0.15, -0.1) is 0 Å². The smallest absolute Gasteiger partial charge is 0.131 e. The molecular formula is C12H19BrN2. The van der Waals surface area contributed by atoms with Gasteiger partial charge in [-0.3, -0.25) is 5.10 Å². The SMILES string of the molecule is CCC(C)(C)C1CCc2[nH]nc(Br)c2C1. The fraction of sp³-hybridized carbons (Fsp3) is 0.750. The summed E-state index contributed by atoms with van der Waals surface area (Å²) in [5, 5.41) is 7.35. The molecule has 1 aromatic heterocycles. The molecule has 2 rings (SSSR count). The number of aromatic amines is 1. The number of hydrogen-bond donors (Lipinski definition) is 1. The summed E-state index contributed by atoms with van der Waals surface area (Å²) in [5.74, 6) is 0.795. The van der Waals surface area contributed by atoms with E-state index in [1.165, 1.54) is 30.5 Å². The fourth-order valence-corrected chi connectivity index (χ4v) is 2.90. The van der Waals surface area contributed by atoms with Crippen LogP contribution < -0.4 is 0 Å². The average molecular weight is 271 g/mol. The van der Waals surface area contributed by atoms with Gasteiger partial charge < -0.3 is 0 Å². The Balaban J connectivity index is 2.21. The van der Waals surface area contributed by atoms with Crippen LogP contribution in [0.1, 0.15) is 44.9 Å². The van der Waals surface area contributed by atoms with Crippen LogP contribution in [0.4, 0.5) is 0 Å². The number of rotatable bonds is 2. The van der Waals surface area contributed by atoms with Gasteiger partial charge in [-0.05, 0) is 46.5 Å². The highest BCUT2D eigenvalue weighted by molar-refractivity contribution is 9.10. The maximum atomic E-state index is 4.23. The highest BCUT2D eigenvalue weighted by Gasteiger charge is 2.32. The van der Waals surface area contributed by atoms with Gasteiger partial charge in [-0.1, -0.05) is 27.2 Å². The summed E-state index contributed by atoms with van der Waals surface area (Å²) in [4.78, 5) is 0. The van der Waals surface area contributed by atoms with Crippen LogP contribution in [0.2, 0.25) is 0 Å². The Morgan fingerprint density at radius 2 is 2.27 bits per heavy atom. The Kier molecular flexibility index (Phi) is 2.93. The number of fused-ring (bicyclic) bond motifs is 1. The monoisotopic (exact) mass is 270 g/mol. The van der Waals surface area contributed by atoms with E-state index in [1.807, 2.05) is 0 Å². The topological polar surface area (TPSA) is 28.7 Å². The number of aryl methyl sites for hydroxylation is 1. The number of aromatic nitrogens is 2. The van der Waals surface area contributed by atoms with Gasteiger partial charge >= 0.3 is 0 Å². The summed E-state index contributed by atoms with van der Waals surface area (Å²) >= 11 is 3.53. The number of nitrogens with one attached hydrogen (secondary N) is 1. The molecule has 0 fully saturated rings. The average Bonchev–Trinajstić information content (AvgIpc) is 2.60. The molecule has 1 aliphatic carbocycles. The second-order valence-corrected chi connectivity index (χ2v) is 6.00. The lowest BCUT2D eigenvalue weighted by Gasteiger charge is -2.36. The first kappa shape index (κ1) is 11.2. The van der Waals surface area contributed by atoms with Crippen molar-refractivity contribution in [3.8, 4) is 0 Å². The third-order valence-electron chi connectivity index (χ3n) is 4.11. The third kappa shape index (κ3) is 1.99. The lowest BCUT2D eigenvalue weighted by molar-refractivity contribution is 0.182. The van der Waals surface area contributed by atoms with Crippen molar-refractivity contribution >= 4 is 15.9 Å². The summed E-state index contributed by atoms with van der Waals surface area (Å²) < 4.78 is 1.02. The summed E-state index contributed by atoms with van der Waals surface area (Å²) in [7, 11) is 0. The summed E-state index contributed by atoms with van der Waals surface area (Å²) in [6, 6.07) is 0. The van der Waals surface area contributed by atoms with E-state index in [9.17, 15) is 0 Å². The molecule has 3 heteroatoms.